The van der Waals surface area contributed by atoms with Gasteiger partial charge in [-0.05, 0) is 29.6 Å². The molecular formula is C18H20BrN3O4S2. The molecular weight excluding hydrogens is 466 g/mol. The van der Waals surface area contributed by atoms with Crippen molar-refractivity contribution in [2.75, 3.05) is 32.7 Å². The number of thiophene rings is 1. The summed E-state index contributed by atoms with van der Waals surface area (Å²) in [5, 5.41) is 4.55. The third kappa shape index (κ3) is 4.99. The predicted octanol–water partition coefficient (Wildman–Crippen LogP) is 2.16. The smallest absolute Gasteiger partial charge is 0.261 e. The maximum Gasteiger partial charge on any atom is 0.261 e. The molecule has 2 aromatic rings. The Hall–Kier alpha value is -1.75. The second-order valence-corrected chi connectivity index (χ2v) is 10.0. The van der Waals surface area contributed by atoms with Gasteiger partial charge in [0.05, 0.1) is 9.77 Å². The molecule has 3 rings (SSSR count). The molecule has 2 amide bonds. The molecule has 0 unspecified atom stereocenters. The van der Waals surface area contributed by atoms with Gasteiger partial charge < -0.3 is 10.2 Å². The zero-order valence-electron chi connectivity index (χ0n) is 15.0. The van der Waals surface area contributed by atoms with Gasteiger partial charge in [-0.1, -0.05) is 28.1 Å². The van der Waals surface area contributed by atoms with Crippen molar-refractivity contribution in [2.24, 2.45) is 0 Å². The van der Waals surface area contributed by atoms with Gasteiger partial charge >= 0.3 is 0 Å². The van der Waals surface area contributed by atoms with Gasteiger partial charge in [0.25, 0.3) is 5.91 Å². The van der Waals surface area contributed by atoms with Gasteiger partial charge in [-0.25, -0.2) is 8.42 Å². The number of amides is 2. The van der Waals surface area contributed by atoms with E-state index in [1.165, 1.54) is 15.6 Å². The summed E-state index contributed by atoms with van der Waals surface area (Å²) >= 11 is 4.64. The minimum absolute atomic E-state index is 0.0917. The summed E-state index contributed by atoms with van der Waals surface area (Å²) in [6, 6.07) is 10.1. The average molecular weight is 486 g/mol. The fourth-order valence-electron chi connectivity index (χ4n) is 2.89. The van der Waals surface area contributed by atoms with E-state index < -0.39 is 10.0 Å². The number of hydrogen-bond donors (Lipinski definition) is 1. The summed E-state index contributed by atoms with van der Waals surface area (Å²) in [6.07, 6.45) is 0.190. The maximum absolute atomic E-state index is 12.7. The number of piperazine rings is 1. The van der Waals surface area contributed by atoms with Crippen LogP contribution < -0.4 is 5.32 Å². The third-order valence-electron chi connectivity index (χ3n) is 4.39. The fourth-order valence-corrected chi connectivity index (χ4v) is 5.55. The molecule has 1 aliphatic rings. The lowest BCUT2D eigenvalue weighted by Gasteiger charge is -2.34. The SMILES string of the molecule is O=C(NCCC(=O)N1CCN(S(=O)(=O)c2cccc(Br)c2)CC1)c1cccs1. The van der Waals surface area contributed by atoms with Crippen molar-refractivity contribution in [3.63, 3.8) is 0 Å². The molecule has 1 N–H and O–H groups in total. The normalized spacial score (nSPS) is 15.4. The quantitative estimate of drug-likeness (QED) is 0.678. The number of nitrogens with zero attached hydrogens (tertiary/aromatic N) is 2. The topological polar surface area (TPSA) is 86.8 Å². The first-order chi connectivity index (χ1) is 13.4. The number of hydrogen-bond acceptors (Lipinski definition) is 5. The van der Waals surface area contributed by atoms with Gasteiger partial charge in [-0.15, -0.1) is 11.3 Å². The van der Waals surface area contributed by atoms with Crippen LogP contribution in [0.4, 0.5) is 0 Å². The first-order valence-electron chi connectivity index (χ1n) is 8.73. The van der Waals surface area contributed by atoms with Crippen LogP contribution in [-0.4, -0.2) is 62.2 Å². The molecule has 1 aromatic heterocycles. The van der Waals surface area contributed by atoms with Gasteiger partial charge in [0.15, 0.2) is 0 Å². The molecule has 0 aliphatic carbocycles. The van der Waals surface area contributed by atoms with E-state index in [1.54, 1.807) is 41.3 Å². The Labute approximate surface area is 176 Å². The van der Waals surface area contributed by atoms with Crippen molar-refractivity contribution in [3.05, 3.63) is 51.1 Å². The lowest BCUT2D eigenvalue weighted by atomic mass is 10.3. The van der Waals surface area contributed by atoms with Crippen LogP contribution in [0.2, 0.25) is 0 Å². The minimum atomic E-state index is -3.58. The van der Waals surface area contributed by atoms with Crippen LogP contribution in [0.25, 0.3) is 0 Å². The van der Waals surface area contributed by atoms with Gasteiger partial charge in [-0.3, -0.25) is 9.59 Å². The van der Waals surface area contributed by atoms with E-state index in [9.17, 15) is 18.0 Å². The molecule has 2 heterocycles. The highest BCUT2D eigenvalue weighted by Crippen LogP contribution is 2.21. The van der Waals surface area contributed by atoms with Crippen molar-refractivity contribution in [1.29, 1.82) is 0 Å². The van der Waals surface area contributed by atoms with E-state index in [0.29, 0.717) is 22.4 Å². The van der Waals surface area contributed by atoms with Crippen LogP contribution in [0.5, 0.6) is 0 Å². The Kier molecular flexibility index (Phi) is 6.86. The number of benzene rings is 1. The van der Waals surface area contributed by atoms with Crippen molar-refractivity contribution in [3.8, 4) is 0 Å². The van der Waals surface area contributed by atoms with Crippen molar-refractivity contribution < 1.29 is 18.0 Å². The molecule has 0 bridgehead atoms. The molecule has 1 aromatic carbocycles. The zero-order valence-corrected chi connectivity index (χ0v) is 18.2. The number of nitrogens with one attached hydrogen (secondary N) is 1. The van der Waals surface area contributed by atoms with E-state index in [-0.39, 0.29) is 42.8 Å². The molecule has 28 heavy (non-hydrogen) atoms. The molecule has 1 fully saturated rings. The summed E-state index contributed by atoms with van der Waals surface area (Å²) in [5.41, 5.74) is 0. The second-order valence-electron chi connectivity index (χ2n) is 6.23. The van der Waals surface area contributed by atoms with Crippen LogP contribution in [0, 0.1) is 0 Å². The van der Waals surface area contributed by atoms with Gasteiger partial charge in [0.2, 0.25) is 15.9 Å². The van der Waals surface area contributed by atoms with Crippen molar-refractivity contribution in [1.82, 2.24) is 14.5 Å². The lowest BCUT2D eigenvalue weighted by molar-refractivity contribution is -0.132. The highest BCUT2D eigenvalue weighted by molar-refractivity contribution is 9.10. The number of rotatable bonds is 6. The Morgan fingerprint density at radius 1 is 1.11 bits per heavy atom. The molecule has 1 saturated heterocycles. The molecule has 1 aliphatic heterocycles. The van der Waals surface area contributed by atoms with Crippen LogP contribution in [-0.2, 0) is 14.8 Å². The molecule has 0 saturated carbocycles. The Balaban J connectivity index is 1.48. The van der Waals surface area contributed by atoms with Gasteiger partial charge in [-0.2, -0.15) is 4.31 Å². The van der Waals surface area contributed by atoms with E-state index in [4.69, 9.17) is 0 Å². The largest absolute Gasteiger partial charge is 0.351 e. The first-order valence-corrected chi connectivity index (χ1v) is 11.8. The number of carbonyl (C=O) groups excluding carboxylic acids is 2. The number of carbonyl (C=O) groups is 2. The van der Waals surface area contributed by atoms with Crippen LogP contribution in [0.15, 0.2) is 51.1 Å². The van der Waals surface area contributed by atoms with Gasteiger partial charge in [0, 0.05) is 43.6 Å². The summed E-state index contributed by atoms with van der Waals surface area (Å²) in [4.78, 5) is 26.7. The molecule has 7 nitrogen and oxygen atoms in total. The minimum Gasteiger partial charge on any atom is -0.351 e. The molecule has 10 heteroatoms. The Morgan fingerprint density at radius 3 is 2.50 bits per heavy atom. The third-order valence-corrected chi connectivity index (χ3v) is 7.65. The monoisotopic (exact) mass is 485 g/mol. The predicted molar refractivity (Wildman–Crippen MR) is 111 cm³/mol. The Morgan fingerprint density at radius 2 is 1.86 bits per heavy atom. The molecule has 150 valence electrons. The fraction of sp³-hybridized carbons (Fsp3) is 0.333. The summed E-state index contributed by atoms with van der Waals surface area (Å²) in [7, 11) is -3.58. The number of halogens is 1. The first kappa shape index (κ1) is 21.0. The van der Waals surface area contributed by atoms with E-state index in [0.717, 1.165) is 0 Å². The summed E-state index contributed by atoms with van der Waals surface area (Å²) in [6.45, 7) is 1.44. The Bertz CT molecular complexity index is 940. The summed E-state index contributed by atoms with van der Waals surface area (Å²) < 4.78 is 27.6. The number of sulfonamides is 1. The van der Waals surface area contributed by atoms with Crippen LogP contribution >= 0.6 is 27.3 Å². The van der Waals surface area contributed by atoms with Crippen LogP contribution in [0.1, 0.15) is 16.1 Å². The van der Waals surface area contributed by atoms with E-state index in [2.05, 4.69) is 21.2 Å². The molecule has 0 atom stereocenters. The maximum atomic E-state index is 12.7. The molecule has 0 spiro atoms. The van der Waals surface area contributed by atoms with E-state index >= 15 is 0 Å². The highest BCUT2D eigenvalue weighted by Gasteiger charge is 2.30. The van der Waals surface area contributed by atoms with Crippen molar-refractivity contribution >= 4 is 49.1 Å². The lowest BCUT2D eigenvalue weighted by Crippen LogP contribution is -2.50. The molecule has 0 radical (unpaired) electrons. The highest BCUT2D eigenvalue weighted by atomic mass is 79.9. The average Bonchev–Trinajstić information content (AvgIpc) is 3.23. The standard InChI is InChI=1S/C18H20BrN3O4S2/c19-14-3-1-4-15(13-14)28(25,26)22-10-8-21(9-11-22)17(23)6-7-20-18(24)16-5-2-12-27-16/h1-5,12-13H,6-11H2,(H,20,24). The van der Waals surface area contributed by atoms with Crippen molar-refractivity contribution in [2.45, 2.75) is 11.3 Å². The zero-order chi connectivity index (χ0) is 20.1. The second kappa shape index (κ2) is 9.17. The van der Waals surface area contributed by atoms with Gasteiger partial charge in [0.1, 0.15) is 0 Å². The summed E-state index contributed by atoms with van der Waals surface area (Å²) in [5.74, 6) is -0.279. The van der Waals surface area contributed by atoms with Crippen LogP contribution in [0.3, 0.4) is 0 Å². The van der Waals surface area contributed by atoms with E-state index in [1.807, 2.05) is 5.38 Å².